The van der Waals surface area contributed by atoms with Crippen LogP contribution in [0.25, 0.3) is 11.1 Å². The molecule has 5 nitrogen and oxygen atoms in total. The lowest BCUT2D eigenvalue weighted by Gasteiger charge is -2.07. The maximum atomic E-state index is 14.1. The number of nitrogens with zero attached hydrogens (tertiary/aromatic N) is 1. The average molecular weight is 371 g/mol. The predicted octanol–water partition coefficient (Wildman–Crippen LogP) is 2.60. The molecule has 2 heterocycles. The fourth-order valence-electron chi connectivity index (χ4n) is 2.41. The minimum Gasteiger partial charge on any atom is -0.457 e. The Balaban J connectivity index is 2.21. The van der Waals surface area contributed by atoms with E-state index in [1.807, 2.05) is 0 Å². The Morgan fingerprint density at radius 2 is 1.88 bits per heavy atom. The maximum absolute atomic E-state index is 14.1. The Bertz CT molecular complexity index is 970. The van der Waals surface area contributed by atoms with Crippen LogP contribution in [0.1, 0.15) is 16.3 Å². The third-order valence-corrected chi connectivity index (χ3v) is 5.51. The van der Waals surface area contributed by atoms with Gasteiger partial charge in [0.25, 0.3) is 0 Å². The van der Waals surface area contributed by atoms with Gasteiger partial charge in [-0.1, -0.05) is 0 Å². The van der Waals surface area contributed by atoms with Gasteiger partial charge >= 0.3 is 5.97 Å². The summed E-state index contributed by atoms with van der Waals surface area (Å²) in [6.07, 6.45) is 0.722. The summed E-state index contributed by atoms with van der Waals surface area (Å²) in [6.45, 7) is 1.59. The molecule has 126 valence electrons. The van der Waals surface area contributed by atoms with Crippen molar-refractivity contribution in [3.05, 3.63) is 45.4 Å². The molecule has 0 unspecified atom stereocenters. The number of sulfone groups is 1. The van der Waals surface area contributed by atoms with Gasteiger partial charge in [0.2, 0.25) is 0 Å². The molecule has 0 saturated carbocycles. The summed E-state index contributed by atoms with van der Waals surface area (Å²) in [4.78, 5) is 15.2. The topological polar surface area (TPSA) is 73.3 Å². The highest BCUT2D eigenvalue weighted by molar-refractivity contribution is 7.90. The molecule has 1 aromatic carbocycles. The van der Waals surface area contributed by atoms with Gasteiger partial charge in [0.15, 0.2) is 9.84 Å². The van der Waals surface area contributed by atoms with Crippen molar-refractivity contribution in [1.29, 1.82) is 0 Å². The van der Waals surface area contributed by atoms with E-state index in [4.69, 9.17) is 4.74 Å². The van der Waals surface area contributed by atoms with Crippen LogP contribution >= 0.6 is 11.3 Å². The molecule has 24 heavy (non-hydrogen) atoms. The van der Waals surface area contributed by atoms with Crippen molar-refractivity contribution in [2.75, 3.05) is 12.9 Å². The summed E-state index contributed by atoms with van der Waals surface area (Å²) in [5, 5.41) is 2.12. The smallest absolute Gasteiger partial charge is 0.341 e. The van der Waals surface area contributed by atoms with Crippen molar-refractivity contribution in [2.45, 2.75) is 11.8 Å². The zero-order valence-corrected chi connectivity index (χ0v) is 14.2. The van der Waals surface area contributed by atoms with E-state index >= 15 is 0 Å². The molecule has 0 N–H and O–H groups in total. The number of cyclic esters (lactones) is 1. The van der Waals surface area contributed by atoms with Gasteiger partial charge in [-0.25, -0.2) is 27.0 Å². The highest BCUT2D eigenvalue weighted by Gasteiger charge is 2.31. The van der Waals surface area contributed by atoms with Crippen LogP contribution in [0.4, 0.5) is 8.78 Å². The molecular formula is C15H11F2NO4S2. The van der Waals surface area contributed by atoms with E-state index in [0.29, 0.717) is 10.7 Å². The first-order valence-corrected chi connectivity index (χ1v) is 9.48. The van der Waals surface area contributed by atoms with Gasteiger partial charge in [-0.15, -0.1) is 11.3 Å². The zero-order chi connectivity index (χ0) is 17.6. The molecule has 2 aromatic rings. The van der Waals surface area contributed by atoms with Crippen LogP contribution in [-0.2, 0) is 19.4 Å². The zero-order valence-electron chi connectivity index (χ0n) is 12.6. The SMILES string of the molecule is Cc1csc(C2=C(c3cc(F)c(S(C)(=O)=O)c(F)c3)COC2=O)n1. The number of aryl methyl sites for hydroxylation is 1. The van der Waals surface area contributed by atoms with Crippen LogP contribution < -0.4 is 0 Å². The van der Waals surface area contributed by atoms with E-state index in [1.165, 1.54) is 11.3 Å². The second kappa shape index (κ2) is 5.75. The summed E-state index contributed by atoms with van der Waals surface area (Å²) >= 11 is 1.21. The van der Waals surface area contributed by atoms with Gasteiger partial charge in [0, 0.05) is 22.9 Å². The Kier molecular flexibility index (Phi) is 4.00. The fraction of sp³-hybridized carbons (Fsp3) is 0.200. The molecule has 3 rings (SSSR count). The van der Waals surface area contributed by atoms with E-state index in [-0.39, 0.29) is 23.3 Å². The number of carbonyl (C=O) groups is 1. The Labute approximate surface area is 140 Å². The summed E-state index contributed by atoms with van der Waals surface area (Å²) in [5.41, 5.74) is 1.16. The third-order valence-electron chi connectivity index (χ3n) is 3.40. The lowest BCUT2D eigenvalue weighted by Crippen LogP contribution is -2.06. The number of carbonyl (C=O) groups excluding carboxylic acids is 1. The molecule has 0 spiro atoms. The molecule has 1 aromatic heterocycles. The number of hydrogen-bond acceptors (Lipinski definition) is 6. The summed E-state index contributed by atoms with van der Waals surface area (Å²) in [6, 6.07) is 1.77. The monoisotopic (exact) mass is 371 g/mol. The number of thiazole rings is 1. The molecule has 0 aliphatic carbocycles. The van der Waals surface area contributed by atoms with E-state index in [1.54, 1.807) is 12.3 Å². The highest BCUT2D eigenvalue weighted by Crippen LogP contribution is 2.35. The van der Waals surface area contributed by atoms with Gasteiger partial charge in [0.05, 0.1) is 0 Å². The third kappa shape index (κ3) is 2.84. The molecule has 0 saturated heterocycles. The first-order valence-electron chi connectivity index (χ1n) is 6.70. The largest absolute Gasteiger partial charge is 0.457 e. The summed E-state index contributed by atoms with van der Waals surface area (Å²) in [7, 11) is -4.05. The van der Waals surface area contributed by atoms with Crippen LogP contribution in [-0.4, -0.2) is 32.2 Å². The predicted molar refractivity (Wildman–Crippen MR) is 84.1 cm³/mol. The average Bonchev–Trinajstić information content (AvgIpc) is 3.02. The quantitative estimate of drug-likeness (QED) is 0.776. The van der Waals surface area contributed by atoms with Gasteiger partial charge < -0.3 is 4.74 Å². The van der Waals surface area contributed by atoms with E-state index in [9.17, 15) is 22.0 Å². The lowest BCUT2D eigenvalue weighted by molar-refractivity contribution is -0.133. The van der Waals surface area contributed by atoms with Gasteiger partial charge in [0.1, 0.15) is 33.7 Å². The second-order valence-corrected chi connectivity index (χ2v) is 8.08. The standard InChI is InChI=1S/C15H11F2NO4S2/c1-7-6-23-14(18-7)12-9(5-22-15(12)19)8-3-10(16)13(11(17)4-8)24(2,20)21/h3-4,6H,5H2,1-2H3. The molecule has 1 aliphatic rings. The van der Waals surface area contributed by atoms with Crippen molar-refractivity contribution < 1.29 is 26.7 Å². The van der Waals surface area contributed by atoms with E-state index < -0.39 is 32.3 Å². The highest BCUT2D eigenvalue weighted by atomic mass is 32.2. The fourth-order valence-corrected chi connectivity index (χ4v) is 4.09. The number of rotatable bonds is 3. The minimum atomic E-state index is -4.05. The molecule has 9 heteroatoms. The first kappa shape index (κ1) is 16.7. The van der Waals surface area contributed by atoms with Crippen molar-refractivity contribution in [2.24, 2.45) is 0 Å². The Morgan fingerprint density at radius 3 is 2.38 bits per heavy atom. The van der Waals surface area contributed by atoms with Crippen molar-refractivity contribution in [3.8, 4) is 0 Å². The normalized spacial score (nSPS) is 15.1. The molecule has 0 fully saturated rings. The number of aromatic nitrogens is 1. The van der Waals surface area contributed by atoms with Gasteiger partial charge in [-0.3, -0.25) is 0 Å². The molecular weight excluding hydrogens is 360 g/mol. The van der Waals surface area contributed by atoms with Gasteiger partial charge in [-0.2, -0.15) is 0 Å². The maximum Gasteiger partial charge on any atom is 0.341 e. The van der Waals surface area contributed by atoms with Crippen LogP contribution in [0, 0.1) is 18.6 Å². The van der Waals surface area contributed by atoms with Crippen LogP contribution in [0.15, 0.2) is 22.4 Å². The molecule has 0 atom stereocenters. The Morgan fingerprint density at radius 1 is 1.25 bits per heavy atom. The van der Waals surface area contributed by atoms with Crippen molar-refractivity contribution in [1.82, 2.24) is 4.98 Å². The van der Waals surface area contributed by atoms with E-state index in [2.05, 4.69) is 4.98 Å². The molecule has 0 amide bonds. The Hall–Kier alpha value is -2.13. The summed E-state index contributed by atoms with van der Waals surface area (Å²) in [5.74, 6) is -3.06. The minimum absolute atomic E-state index is 0.0473. The first-order chi connectivity index (χ1) is 11.2. The van der Waals surface area contributed by atoms with Crippen molar-refractivity contribution >= 4 is 38.3 Å². The van der Waals surface area contributed by atoms with E-state index in [0.717, 1.165) is 18.4 Å². The number of halogens is 2. The lowest BCUT2D eigenvalue weighted by atomic mass is 10.0. The summed E-state index contributed by atoms with van der Waals surface area (Å²) < 4.78 is 56.1. The number of hydrogen-bond donors (Lipinski definition) is 0. The van der Waals surface area contributed by atoms with Gasteiger partial charge in [-0.05, 0) is 24.6 Å². The number of ether oxygens (including phenoxy) is 1. The molecule has 1 aliphatic heterocycles. The number of benzene rings is 1. The van der Waals surface area contributed by atoms with Crippen LogP contribution in [0.3, 0.4) is 0 Å². The molecule has 0 radical (unpaired) electrons. The second-order valence-electron chi connectivity index (χ2n) is 5.26. The van der Waals surface area contributed by atoms with Crippen LogP contribution in [0.5, 0.6) is 0 Å². The number of esters is 1. The van der Waals surface area contributed by atoms with Crippen molar-refractivity contribution in [3.63, 3.8) is 0 Å². The molecule has 0 bridgehead atoms. The van der Waals surface area contributed by atoms with Crippen LogP contribution in [0.2, 0.25) is 0 Å².